The lowest BCUT2D eigenvalue weighted by Crippen LogP contribution is -2.14. The van der Waals surface area contributed by atoms with Crippen molar-refractivity contribution in [2.24, 2.45) is 5.73 Å². The first-order chi connectivity index (χ1) is 14.0. The Morgan fingerprint density at radius 2 is 1.21 bits per heavy atom. The lowest BCUT2D eigenvalue weighted by Gasteiger charge is -2.10. The zero-order valence-electron chi connectivity index (χ0n) is 15.4. The van der Waals surface area contributed by atoms with Gasteiger partial charge in [0.1, 0.15) is 23.3 Å². The molecule has 3 nitrogen and oxygen atoms in total. The fourth-order valence-electron chi connectivity index (χ4n) is 3.20. The molecule has 0 aliphatic carbocycles. The van der Waals surface area contributed by atoms with Crippen LogP contribution in [-0.2, 0) is 6.42 Å². The summed E-state index contributed by atoms with van der Waals surface area (Å²) in [6.07, 6.45) is 0.390. The average molecular weight is 393 g/mol. The van der Waals surface area contributed by atoms with Crippen LogP contribution in [0.5, 0.6) is 0 Å². The van der Waals surface area contributed by atoms with Gasteiger partial charge in [-0.2, -0.15) is 0 Å². The van der Waals surface area contributed by atoms with E-state index in [9.17, 15) is 13.2 Å². The summed E-state index contributed by atoms with van der Waals surface area (Å²) in [6, 6.07) is 17.7. The second-order valence-electron chi connectivity index (χ2n) is 6.78. The molecule has 146 valence electrons. The average Bonchev–Trinajstić information content (AvgIpc) is 3.13. The highest BCUT2D eigenvalue weighted by molar-refractivity contribution is 5.78. The van der Waals surface area contributed by atoms with Crippen LogP contribution in [0.1, 0.15) is 17.4 Å². The number of imidazole rings is 1. The van der Waals surface area contributed by atoms with Gasteiger partial charge in [-0.1, -0.05) is 12.1 Å². The zero-order chi connectivity index (χ0) is 20.4. The first kappa shape index (κ1) is 19.0. The molecule has 29 heavy (non-hydrogen) atoms. The SMILES string of the molecule is NC(Cc1nc(-c2ccc(F)cc2)c(-c2ccc(F)cc2)[nH]1)c1ccc(F)cc1. The minimum absolute atomic E-state index is 0.323. The van der Waals surface area contributed by atoms with Crippen molar-refractivity contribution in [3.8, 4) is 22.5 Å². The number of H-pyrrole nitrogens is 1. The minimum Gasteiger partial charge on any atom is -0.341 e. The molecule has 0 aliphatic rings. The lowest BCUT2D eigenvalue weighted by atomic mass is 10.0. The molecule has 6 heteroatoms. The van der Waals surface area contributed by atoms with Crippen LogP contribution in [0.4, 0.5) is 13.2 Å². The van der Waals surface area contributed by atoms with Crippen LogP contribution in [0.15, 0.2) is 72.8 Å². The van der Waals surface area contributed by atoms with Crippen molar-refractivity contribution in [1.29, 1.82) is 0 Å². The summed E-state index contributed by atoms with van der Waals surface area (Å²) >= 11 is 0. The predicted octanol–water partition coefficient (Wildman–Crippen LogP) is 5.40. The van der Waals surface area contributed by atoms with Crippen LogP contribution in [0.3, 0.4) is 0 Å². The van der Waals surface area contributed by atoms with Crippen molar-refractivity contribution in [2.45, 2.75) is 12.5 Å². The van der Waals surface area contributed by atoms with E-state index in [-0.39, 0.29) is 23.5 Å². The van der Waals surface area contributed by atoms with Gasteiger partial charge < -0.3 is 10.7 Å². The second kappa shape index (κ2) is 7.93. The highest BCUT2D eigenvalue weighted by Gasteiger charge is 2.17. The predicted molar refractivity (Wildman–Crippen MR) is 106 cm³/mol. The molecule has 0 amide bonds. The summed E-state index contributed by atoms with van der Waals surface area (Å²) in [7, 11) is 0. The molecule has 0 radical (unpaired) electrons. The van der Waals surface area contributed by atoms with Crippen LogP contribution in [-0.4, -0.2) is 9.97 Å². The molecule has 0 spiro atoms. The van der Waals surface area contributed by atoms with Crippen molar-refractivity contribution in [1.82, 2.24) is 9.97 Å². The summed E-state index contributed by atoms with van der Waals surface area (Å²) in [5, 5.41) is 0. The number of aromatic nitrogens is 2. The molecule has 1 heterocycles. The van der Waals surface area contributed by atoms with Gasteiger partial charge in [0, 0.05) is 23.6 Å². The Morgan fingerprint density at radius 1 is 0.724 bits per heavy atom. The lowest BCUT2D eigenvalue weighted by molar-refractivity contribution is 0.623. The van der Waals surface area contributed by atoms with Gasteiger partial charge in [-0.25, -0.2) is 18.2 Å². The van der Waals surface area contributed by atoms with Gasteiger partial charge in [-0.15, -0.1) is 0 Å². The van der Waals surface area contributed by atoms with Gasteiger partial charge in [0.15, 0.2) is 0 Å². The fraction of sp³-hybridized carbons (Fsp3) is 0.0870. The van der Waals surface area contributed by atoms with E-state index in [0.29, 0.717) is 23.6 Å². The van der Waals surface area contributed by atoms with Gasteiger partial charge >= 0.3 is 0 Å². The molecular formula is C23H18F3N3. The highest BCUT2D eigenvalue weighted by atomic mass is 19.1. The van der Waals surface area contributed by atoms with E-state index in [4.69, 9.17) is 5.73 Å². The fourth-order valence-corrected chi connectivity index (χ4v) is 3.20. The van der Waals surface area contributed by atoms with E-state index in [0.717, 1.165) is 16.7 Å². The van der Waals surface area contributed by atoms with Crippen LogP contribution >= 0.6 is 0 Å². The van der Waals surface area contributed by atoms with Crippen molar-refractivity contribution < 1.29 is 13.2 Å². The summed E-state index contributed by atoms with van der Waals surface area (Å²) in [5.41, 5.74) is 9.85. The molecule has 4 rings (SSSR count). The standard InChI is InChI=1S/C23H18F3N3/c24-17-7-1-14(2-8-17)20(27)13-21-28-22(15-3-9-18(25)10-4-15)23(29-21)16-5-11-19(26)12-6-16/h1-12,20H,13,27H2,(H,28,29). The number of halogens is 3. The Kier molecular flexibility index (Phi) is 5.18. The maximum Gasteiger partial charge on any atom is 0.123 e. The van der Waals surface area contributed by atoms with E-state index in [1.54, 1.807) is 36.4 Å². The maximum atomic E-state index is 13.4. The van der Waals surface area contributed by atoms with Crippen LogP contribution < -0.4 is 5.73 Å². The van der Waals surface area contributed by atoms with Crippen LogP contribution in [0, 0.1) is 17.5 Å². The Hall–Kier alpha value is -3.38. The van der Waals surface area contributed by atoms with Crippen molar-refractivity contribution >= 4 is 0 Å². The Morgan fingerprint density at radius 3 is 1.76 bits per heavy atom. The third-order valence-electron chi connectivity index (χ3n) is 4.71. The second-order valence-corrected chi connectivity index (χ2v) is 6.78. The quantitative estimate of drug-likeness (QED) is 0.477. The summed E-state index contributed by atoms with van der Waals surface area (Å²) in [5.74, 6) is -0.377. The molecular weight excluding hydrogens is 375 g/mol. The Bertz CT molecular complexity index is 1040. The molecule has 0 aliphatic heterocycles. The third-order valence-corrected chi connectivity index (χ3v) is 4.71. The Labute approximate surface area is 166 Å². The zero-order valence-corrected chi connectivity index (χ0v) is 15.4. The maximum absolute atomic E-state index is 13.4. The number of benzene rings is 3. The minimum atomic E-state index is -0.385. The molecule has 0 saturated heterocycles. The number of aromatic amines is 1. The third kappa shape index (κ3) is 4.22. The van der Waals surface area contributed by atoms with E-state index < -0.39 is 0 Å². The number of nitrogens with zero attached hydrogens (tertiary/aromatic N) is 1. The molecule has 4 aromatic rings. The van der Waals surface area contributed by atoms with Gasteiger partial charge in [0.2, 0.25) is 0 Å². The normalized spacial score (nSPS) is 12.1. The monoisotopic (exact) mass is 393 g/mol. The Balaban J connectivity index is 1.71. The van der Waals surface area contributed by atoms with E-state index in [1.807, 2.05) is 0 Å². The van der Waals surface area contributed by atoms with Crippen LogP contribution in [0.25, 0.3) is 22.5 Å². The number of rotatable bonds is 5. The van der Waals surface area contributed by atoms with Gasteiger partial charge in [0.25, 0.3) is 0 Å². The number of nitrogens with one attached hydrogen (secondary N) is 1. The molecule has 1 atom stereocenters. The molecule has 0 saturated carbocycles. The van der Waals surface area contributed by atoms with Gasteiger partial charge in [-0.05, 0) is 66.2 Å². The molecule has 0 fully saturated rings. The van der Waals surface area contributed by atoms with Crippen molar-refractivity contribution in [2.75, 3.05) is 0 Å². The summed E-state index contributed by atoms with van der Waals surface area (Å²) in [4.78, 5) is 7.93. The van der Waals surface area contributed by atoms with E-state index in [2.05, 4.69) is 9.97 Å². The topological polar surface area (TPSA) is 54.7 Å². The van der Waals surface area contributed by atoms with E-state index >= 15 is 0 Å². The van der Waals surface area contributed by atoms with Gasteiger partial charge in [-0.3, -0.25) is 0 Å². The molecule has 3 N–H and O–H groups in total. The highest BCUT2D eigenvalue weighted by Crippen LogP contribution is 2.31. The summed E-state index contributed by atoms with van der Waals surface area (Å²) < 4.78 is 39.9. The van der Waals surface area contributed by atoms with E-state index in [1.165, 1.54) is 36.4 Å². The van der Waals surface area contributed by atoms with Crippen LogP contribution in [0.2, 0.25) is 0 Å². The molecule has 0 bridgehead atoms. The number of hydrogen-bond donors (Lipinski definition) is 2. The number of nitrogens with two attached hydrogens (primary N) is 1. The first-order valence-corrected chi connectivity index (χ1v) is 9.11. The van der Waals surface area contributed by atoms with Crippen molar-refractivity contribution in [3.63, 3.8) is 0 Å². The van der Waals surface area contributed by atoms with Crippen molar-refractivity contribution in [3.05, 3.63) is 102 Å². The largest absolute Gasteiger partial charge is 0.341 e. The van der Waals surface area contributed by atoms with Gasteiger partial charge in [0.05, 0.1) is 11.4 Å². The smallest absolute Gasteiger partial charge is 0.123 e. The molecule has 3 aromatic carbocycles. The first-order valence-electron chi connectivity index (χ1n) is 9.11. The summed E-state index contributed by atoms with van der Waals surface area (Å²) in [6.45, 7) is 0. The number of hydrogen-bond acceptors (Lipinski definition) is 2. The molecule has 1 unspecified atom stereocenters. The molecule has 1 aromatic heterocycles.